The first-order chi connectivity index (χ1) is 11.9. The van der Waals surface area contributed by atoms with Crippen LogP contribution in [0.25, 0.3) is 0 Å². The van der Waals surface area contributed by atoms with Gasteiger partial charge in [0.05, 0.1) is 11.4 Å². The molecule has 0 bridgehead atoms. The Bertz CT molecular complexity index is 897. The molecule has 1 aliphatic carbocycles. The van der Waals surface area contributed by atoms with E-state index in [1.807, 2.05) is 6.07 Å². The van der Waals surface area contributed by atoms with Crippen molar-refractivity contribution in [3.8, 4) is 0 Å². The molecule has 0 unspecified atom stereocenters. The highest BCUT2D eigenvalue weighted by molar-refractivity contribution is 7.89. The van der Waals surface area contributed by atoms with Crippen LogP contribution in [0.2, 0.25) is 0 Å². The second-order valence-electron chi connectivity index (χ2n) is 6.02. The number of rotatable bonds is 5. The summed E-state index contributed by atoms with van der Waals surface area (Å²) in [6, 6.07) is 10.5. The molecule has 1 amide bonds. The van der Waals surface area contributed by atoms with Gasteiger partial charge in [0.25, 0.3) is 0 Å². The van der Waals surface area contributed by atoms with E-state index >= 15 is 0 Å². The summed E-state index contributed by atoms with van der Waals surface area (Å²) >= 11 is 0. The first kappa shape index (κ1) is 17.6. The number of hydrogen-bond donors (Lipinski definition) is 2. The molecule has 25 heavy (non-hydrogen) atoms. The fourth-order valence-electron chi connectivity index (χ4n) is 2.89. The molecule has 5 nitrogen and oxygen atoms in total. The molecule has 0 fully saturated rings. The summed E-state index contributed by atoms with van der Waals surface area (Å²) < 4.78 is 40.1. The maximum Gasteiger partial charge on any atom is 0.241 e. The van der Waals surface area contributed by atoms with Crippen LogP contribution in [0, 0.1) is 5.82 Å². The molecule has 0 saturated carbocycles. The lowest BCUT2D eigenvalue weighted by Gasteiger charge is -2.16. The van der Waals surface area contributed by atoms with Crippen molar-refractivity contribution in [1.82, 2.24) is 4.72 Å². The molecule has 2 aromatic rings. The highest BCUT2D eigenvalue weighted by Gasteiger charge is 2.18. The quantitative estimate of drug-likeness (QED) is 0.859. The van der Waals surface area contributed by atoms with Gasteiger partial charge in [-0.05, 0) is 67.1 Å². The van der Waals surface area contributed by atoms with Crippen molar-refractivity contribution in [3.05, 3.63) is 59.4 Å². The number of anilines is 1. The first-order valence-corrected chi connectivity index (χ1v) is 9.59. The van der Waals surface area contributed by atoms with Gasteiger partial charge in [-0.1, -0.05) is 12.1 Å². The molecule has 0 radical (unpaired) electrons. The van der Waals surface area contributed by atoms with Crippen LogP contribution in [-0.2, 0) is 27.7 Å². The van der Waals surface area contributed by atoms with Gasteiger partial charge in [0, 0.05) is 5.69 Å². The van der Waals surface area contributed by atoms with Crippen LogP contribution in [0.15, 0.2) is 47.4 Å². The number of hydrogen-bond acceptors (Lipinski definition) is 3. The van der Waals surface area contributed by atoms with Crippen LogP contribution >= 0.6 is 0 Å². The van der Waals surface area contributed by atoms with Crippen molar-refractivity contribution in [1.29, 1.82) is 0 Å². The number of sulfonamides is 1. The number of benzene rings is 2. The molecule has 3 rings (SSSR count). The third-order valence-corrected chi connectivity index (χ3v) is 5.56. The van der Waals surface area contributed by atoms with Crippen LogP contribution in [0.5, 0.6) is 0 Å². The largest absolute Gasteiger partial charge is 0.325 e. The standard InChI is InChI=1S/C18H19FN2O3S/c19-15-6-3-7-16(11-15)21-18(22)12-20-25(23,24)17-9-8-13-4-1-2-5-14(13)10-17/h3,6-11,20H,1-2,4-5,12H2,(H,21,22). The van der Waals surface area contributed by atoms with Crippen molar-refractivity contribution in [2.75, 3.05) is 11.9 Å². The number of nitrogens with one attached hydrogen (secondary N) is 2. The maximum absolute atomic E-state index is 13.1. The molecular weight excluding hydrogens is 343 g/mol. The monoisotopic (exact) mass is 362 g/mol. The fraction of sp³-hybridized carbons (Fsp3) is 0.278. The molecule has 0 spiro atoms. The number of amides is 1. The van der Waals surface area contributed by atoms with E-state index in [1.165, 1.54) is 23.8 Å². The lowest BCUT2D eigenvalue weighted by molar-refractivity contribution is -0.115. The summed E-state index contributed by atoms with van der Waals surface area (Å²) in [4.78, 5) is 12.0. The zero-order valence-electron chi connectivity index (χ0n) is 13.6. The third-order valence-electron chi connectivity index (χ3n) is 4.16. The average Bonchev–Trinajstić information content (AvgIpc) is 2.60. The number of aryl methyl sites for hydroxylation is 2. The van der Waals surface area contributed by atoms with E-state index < -0.39 is 28.3 Å². The van der Waals surface area contributed by atoms with Crippen LogP contribution < -0.4 is 10.0 Å². The molecule has 1 aliphatic rings. The maximum atomic E-state index is 13.1. The smallest absolute Gasteiger partial charge is 0.241 e. The number of carbonyl (C=O) groups is 1. The lowest BCUT2D eigenvalue weighted by Crippen LogP contribution is -2.33. The van der Waals surface area contributed by atoms with E-state index in [1.54, 1.807) is 12.1 Å². The van der Waals surface area contributed by atoms with E-state index in [4.69, 9.17) is 0 Å². The zero-order valence-corrected chi connectivity index (χ0v) is 14.4. The summed E-state index contributed by atoms with van der Waals surface area (Å²) in [5, 5.41) is 2.45. The molecule has 0 heterocycles. The van der Waals surface area contributed by atoms with E-state index in [0.717, 1.165) is 37.3 Å². The highest BCUT2D eigenvalue weighted by atomic mass is 32.2. The van der Waals surface area contributed by atoms with E-state index in [0.29, 0.717) is 0 Å². The minimum Gasteiger partial charge on any atom is -0.325 e. The SMILES string of the molecule is O=C(CNS(=O)(=O)c1ccc2c(c1)CCCC2)Nc1cccc(F)c1. The Balaban J connectivity index is 1.64. The summed E-state index contributed by atoms with van der Waals surface area (Å²) in [6.07, 6.45) is 4.02. The fourth-order valence-corrected chi connectivity index (χ4v) is 3.92. The first-order valence-electron chi connectivity index (χ1n) is 8.11. The molecule has 7 heteroatoms. The van der Waals surface area contributed by atoms with Gasteiger partial charge >= 0.3 is 0 Å². The Morgan fingerprint density at radius 3 is 2.56 bits per heavy atom. The summed E-state index contributed by atoms with van der Waals surface area (Å²) in [6.45, 7) is -0.421. The number of fused-ring (bicyclic) bond motifs is 1. The molecule has 0 aliphatic heterocycles. The normalized spacial score (nSPS) is 14.0. The van der Waals surface area contributed by atoms with Gasteiger partial charge in [-0.3, -0.25) is 4.79 Å². The van der Waals surface area contributed by atoms with Gasteiger partial charge < -0.3 is 5.32 Å². The molecule has 2 N–H and O–H groups in total. The Labute approximate surface area is 146 Å². The third kappa shape index (κ3) is 4.43. The molecule has 0 aromatic heterocycles. The molecule has 0 saturated heterocycles. The Morgan fingerprint density at radius 2 is 1.80 bits per heavy atom. The minimum absolute atomic E-state index is 0.159. The summed E-state index contributed by atoms with van der Waals surface area (Å²) in [7, 11) is -3.77. The van der Waals surface area contributed by atoms with E-state index in [-0.39, 0.29) is 10.6 Å². The molecule has 2 aromatic carbocycles. The van der Waals surface area contributed by atoms with Gasteiger partial charge in [0.1, 0.15) is 5.82 Å². The Kier molecular flexibility index (Phi) is 5.15. The predicted molar refractivity (Wildman–Crippen MR) is 93.3 cm³/mol. The van der Waals surface area contributed by atoms with Gasteiger partial charge in [0.15, 0.2) is 0 Å². The minimum atomic E-state index is -3.77. The van der Waals surface area contributed by atoms with Gasteiger partial charge in [-0.25, -0.2) is 17.5 Å². The van der Waals surface area contributed by atoms with Crippen molar-refractivity contribution in [3.63, 3.8) is 0 Å². The van der Waals surface area contributed by atoms with Crippen LogP contribution in [0.3, 0.4) is 0 Å². The summed E-state index contributed by atoms with van der Waals surface area (Å²) in [5.41, 5.74) is 2.52. The van der Waals surface area contributed by atoms with Crippen molar-refractivity contribution < 1.29 is 17.6 Å². The molecule has 132 valence electrons. The number of carbonyl (C=O) groups excluding carboxylic acids is 1. The lowest BCUT2D eigenvalue weighted by atomic mass is 9.92. The molecular formula is C18H19FN2O3S. The Hall–Kier alpha value is -2.25. The van der Waals surface area contributed by atoms with Gasteiger partial charge in [-0.2, -0.15) is 0 Å². The second-order valence-corrected chi connectivity index (χ2v) is 7.79. The Morgan fingerprint density at radius 1 is 1.04 bits per heavy atom. The van der Waals surface area contributed by atoms with Crippen molar-refractivity contribution >= 4 is 21.6 Å². The highest BCUT2D eigenvalue weighted by Crippen LogP contribution is 2.24. The number of halogens is 1. The van der Waals surface area contributed by atoms with Gasteiger partial charge in [-0.15, -0.1) is 0 Å². The van der Waals surface area contributed by atoms with Crippen molar-refractivity contribution in [2.45, 2.75) is 30.6 Å². The average molecular weight is 362 g/mol. The molecule has 0 atom stereocenters. The predicted octanol–water partition coefficient (Wildman–Crippen LogP) is 2.62. The van der Waals surface area contributed by atoms with E-state index in [9.17, 15) is 17.6 Å². The summed E-state index contributed by atoms with van der Waals surface area (Å²) in [5.74, 6) is -1.04. The van der Waals surface area contributed by atoms with Crippen LogP contribution in [-0.4, -0.2) is 20.9 Å². The van der Waals surface area contributed by atoms with Crippen molar-refractivity contribution in [2.24, 2.45) is 0 Å². The zero-order chi connectivity index (χ0) is 17.9. The van der Waals surface area contributed by atoms with E-state index in [2.05, 4.69) is 10.0 Å². The van der Waals surface area contributed by atoms with Crippen LogP contribution in [0.1, 0.15) is 24.0 Å². The second kappa shape index (κ2) is 7.33. The van der Waals surface area contributed by atoms with Crippen LogP contribution in [0.4, 0.5) is 10.1 Å². The van der Waals surface area contributed by atoms with Gasteiger partial charge in [0.2, 0.25) is 15.9 Å². The topological polar surface area (TPSA) is 75.3 Å².